The van der Waals surface area contributed by atoms with Gasteiger partial charge in [-0.25, -0.2) is 9.97 Å². The summed E-state index contributed by atoms with van der Waals surface area (Å²) in [5, 5.41) is 0. The Morgan fingerprint density at radius 2 is 2.08 bits per heavy atom. The maximum absolute atomic E-state index is 12.6. The zero-order chi connectivity index (χ0) is 17.4. The van der Waals surface area contributed by atoms with E-state index in [4.69, 9.17) is 10.7 Å². The van der Waals surface area contributed by atoms with E-state index in [0.717, 1.165) is 23.5 Å². The molecule has 0 fully saturated rings. The van der Waals surface area contributed by atoms with Gasteiger partial charge in [-0.1, -0.05) is 6.92 Å². The molecule has 1 atom stereocenters. The lowest BCUT2D eigenvalue weighted by Crippen LogP contribution is -2.54. The molecule has 3 heterocycles. The van der Waals surface area contributed by atoms with Crippen LogP contribution in [0.3, 0.4) is 0 Å². The predicted molar refractivity (Wildman–Crippen MR) is 94.8 cm³/mol. The summed E-state index contributed by atoms with van der Waals surface area (Å²) in [5.74, 6) is 1.37. The molecule has 1 aliphatic rings. The number of pyridine rings is 1. The molecule has 2 N–H and O–H groups in total. The van der Waals surface area contributed by atoms with Gasteiger partial charge in [-0.05, 0) is 26.3 Å². The van der Waals surface area contributed by atoms with E-state index >= 15 is 0 Å². The minimum Gasteiger partial charge on any atom is -0.397 e. The van der Waals surface area contributed by atoms with Crippen LogP contribution in [0.25, 0.3) is 11.4 Å². The van der Waals surface area contributed by atoms with Crippen LogP contribution in [0.1, 0.15) is 27.2 Å². The second-order valence-corrected chi connectivity index (χ2v) is 6.19. The molecule has 0 aromatic carbocycles. The van der Waals surface area contributed by atoms with Gasteiger partial charge in [0.05, 0.1) is 18.1 Å². The lowest BCUT2D eigenvalue weighted by atomic mass is 10.1. The van der Waals surface area contributed by atoms with Crippen LogP contribution in [0.15, 0.2) is 24.7 Å². The number of likely N-dealkylation sites (N-methyl/N-ethyl adjacent to an activating group) is 1. The summed E-state index contributed by atoms with van der Waals surface area (Å²) in [6.45, 7) is 6.14. The zero-order valence-corrected chi connectivity index (χ0v) is 14.4. The molecule has 24 heavy (non-hydrogen) atoms. The highest BCUT2D eigenvalue weighted by Gasteiger charge is 2.38. The van der Waals surface area contributed by atoms with Crippen LogP contribution >= 0.6 is 0 Å². The largest absolute Gasteiger partial charge is 0.397 e. The number of fused-ring (bicyclic) bond motifs is 1. The molecule has 3 rings (SSSR count). The molecule has 2 aromatic heterocycles. The number of anilines is 3. The number of carbonyl (C=O) groups is 1. The summed E-state index contributed by atoms with van der Waals surface area (Å²) in [6, 6.07) is 1.72. The quantitative estimate of drug-likeness (QED) is 0.929. The van der Waals surface area contributed by atoms with Crippen LogP contribution in [0, 0.1) is 0 Å². The van der Waals surface area contributed by atoms with Gasteiger partial charge < -0.3 is 15.5 Å². The van der Waals surface area contributed by atoms with Gasteiger partial charge in [0.1, 0.15) is 11.7 Å². The van der Waals surface area contributed by atoms with E-state index in [2.05, 4.69) is 28.7 Å². The van der Waals surface area contributed by atoms with Crippen molar-refractivity contribution in [1.29, 1.82) is 0 Å². The Morgan fingerprint density at radius 3 is 2.71 bits per heavy atom. The van der Waals surface area contributed by atoms with E-state index in [1.54, 1.807) is 36.6 Å². The molecular formula is C17H22N6O. The van der Waals surface area contributed by atoms with Crippen molar-refractivity contribution in [2.24, 2.45) is 0 Å². The summed E-state index contributed by atoms with van der Waals surface area (Å²) >= 11 is 0. The minimum absolute atomic E-state index is 0.0680. The first-order valence-corrected chi connectivity index (χ1v) is 8.08. The zero-order valence-electron chi connectivity index (χ0n) is 14.4. The molecule has 2 aromatic rings. The number of rotatable bonds is 3. The molecule has 1 unspecified atom stereocenters. The number of hydrogen-bond donors (Lipinski definition) is 1. The predicted octanol–water partition coefficient (Wildman–Crippen LogP) is 2.09. The van der Waals surface area contributed by atoms with Gasteiger partial charge in [0.15, 0.2) is 11.6 Å². The molecule has 0 spiro atoms. The lowest BCUT2D eigenvalue weighted by molar-refractivity contribution is -0.120. The molecule has 1 amide bonds. The molecule has 7 heteroatoms. The van der Waals surface area contributed by atoms with Crippen molar-refractivity contribution in [3.8, 4) is 11.4 Å². The third-order valence-corrected chi connectivity index (χ3v) is 4.34. The fraction of sp³-hybridized carbons (Fsp3) is 0.412. The summed E-state index contributed by atoms with van der Waals surface area (Å²) in [7, 11) is 1.77. The van der Waals surface area contributed by atoms with Crippen molar-refractivity contribution in [3.63, 3.8) is 0 Å². The smallest absolute Gasteiger partial charge is 0.249 e. The minimum atomic E-state index is -0.222. The number of hydrogen-bond acceptors (Lipinski definition) is 6. The molecular weight excluding hydrogens is 304 g/mol. The van der Waals surface area contributed by atoms with Crippen molar-refractivity contribution in [2.75, 3.05) is 22.6 Å². The van der Waals surface area contributed by atoms with Gasteiger partial charge >= 0.3 is 0 Å². The number of nitrogen functional groups attached to an aromatic ring is 1. The fourth-order valence-corrected chi connectivity index (χ4v) is 3.12. The SMILES string of the molecule is CCC1C(=O)N(C)c2cnc(-c3ccncc3N)nc2N1C(C)C. The maximum atomic E-state index is 12.6. The Kier molecular flexibility index (Phi) is 4.09. The van der Waals surface area contributed by atoms with E-state index in [9.17, 15) is 4.79 Å². The van der Waals surface area contributed by atoms with E-state index in [-0.39, 0.29) is 18.0 Å². The van der Waals surface area contributed by atoms with E-state index < -0.39 is 0 Å². The van der Waals surface area contributed by atoms with Crippen LogP contribution in [0.4, 0.5) is 17.2 Å². The summed E-state index contributed by atoms with van der Waals surface area (Å²) in [4.78, 5) is 29.5. The van der Waals surface area contributed by atoms with Gasteiger partial charge in [0.25, 0.3) is 0 Å². The first kappa shape index (κ1) is 16.2. The van der Waals surface area contributed by atoms with Crippen LogP contribution in [-0.4, -0.2) is 40.0 Å². The molecule has 1 aliphatic heterocycles. The standard InChI is InChI=1S/C17H22N6O/c1-5-13-17(24)22(4)14-9-20-15(11-6-7-19-8-12(11)18)21-16(14)23(13)10(2)3/h6-10,13H,5,18H2,1-4H3. The normalized spacial score (nSPS) is 17.4. The molecule has 0 radical (unpaired) electrons. The number of nitrogens with zero attached hydrogens (tertiary/aromatic N) is 5. The van der Waals surface area contributed by atoms with E-state index in [1.807, 2.05) is 6.92 Å². The van der Waals surface area contributed by atoms with Crippen LogP contribution in [0.5, 0.6) is 0 Å². The van der Waals surface area contributed by atoms with Crippen molar-refractivity contribution in [1.82, 2.24) is 15.0 Å². The number of amides is 1. The Balaban J connectivity index is 2.18. The third kappa shape index (κ3) is 2.46. The highest BCUT2D eigenvalue weighted by Crippen LogP contribution is 2.37. The number of nitrogens with two attached hydrogens (primary N) is 1. The average molecular weight is 326 g/mol. The van der Waals surface area contributed by atoms with Crippen LogP contribution < -0.4 is 15.5 Å². The second-order valence-electron chi connectivity index (χ2n) is 6.19. The highest BCUT2D eigenvalue weighted by atomic mass is 16.2. The monoisotopic (exact) mass is 326 g/mol. The first-order chi connectivity index (χ1) is 11.5. The molecule has 126 valence electrons. The second kappa shape index (κ2) is 6.07. The molecule has 7 nitrogen and oxygen atoms in total. The van der Waals surface area contributed by atoms with Gasteiger partial charge in [-0.3, -0.25) is 9.78 Å². The molecule has 0 bridgehead atoms. The van der Waals surface area contributed by atoms with Crippen LogP contribution in [-0.2, 0) is 4.79 Å². The fourth-order valence-electron chi connectivity index (χ4n) is 3.12. The molecule has 0 saturated heterocycles. The first-order valence-electron chi connectivity index (χ1n) is 8.08. The van der Waals surface area contributed by atoms with Crippen molar-refractivity contribution >= 4 is 23.1 Å². The Labute approximate surface area is 141 Å². The Morgan fingerprint density at radius 1 is 1.33 bits per heavy atom. The summed E-state index contributed by atoms with van der Waals surface area (Å²) in [5.41, 5.74) is 7.99. The Bertz CT molecular complexity index is 775. The van der Waals surface area contributed by atoms with Crippen LogP contribution in [0.2, 0.25) is 0 Å². The highest BCUT2D eigenvalue weighted by molar-refractivity contribution is 6.04. The molecule has 0 saturated carbocycles. The van der Waals surface area contributed by atoms with Gasteiger partial charge in [-0.2, -0.15) is 0 Å². The topological polar surface area (TPSA) is 88.2 Å². The van der Waals surface area contributed by atoms with Gasteiger partial charge in [0.2, 0.25) is 5.91 Å². The number of carbonyl (C=O) groups excluding carboxylic acids is 1. The van der Waals surface area contributed by atoms with Crippen molar-refractivity contribution in [2.45, 2.75) is 39.3 Å². The average Bonchev–Trinajstić information content (AvgIpc) is 2.57. The van der Waals surface area contributed by atoms with Crippen molar-refractivity contribution < 1.29 is 4.79 Å². The third-order valence-electron chi connectivity index (χ3n) is 4.34. The van der Waals surface area contributed by atoms with E-state index in [1.165, 1.54) is 0 Å². The van der Waals surface area contributed by atoms with Crippen molar-refractivity contribution in [3.05, 3.63) is 24.7 Å². The lowest BCUT2D eigenvalue weighted by Gasteiger charge is -2.42. The maximum Gasteiger partial charge on any atom is 0.249 e. The van der Waals surface area contributed by atoms with E-state index in [0.29, 0.717) is 11.5 Å². The summed E-state index contributed by atoms with van der Waals surface area (Å²) < 4.78 is 0. The summed E-state index contributed by atoms with van der Waals surface area (Å²) in [6.07, 6.45) is 5.66. The number of aromatic nitrogens is 3. The molecule has 0 aliphatic carbocycles. The Hall–Kier alpha value is -2.70. The van der Waals surface area contributed by atoms with Gasteiger partial charge in [-0.15, -0.1) is 0 Å². The van der Waals surface area contributed by atoms with Gasteiger partial charge in [0, 0.05) is 24.8 Å².